The zero-order chi connectivity index (χ0) is 14.5. The Kier molecular flexibility index (Phi) is 4.08. The van der Waals surface area contributed by atoms with Gasteiger partial charge in [-0.3, -0.25) is 4.40 Å². The molecule has 0 bridgehead atoms. The largest absolute Gasteiger partial charge is 0.493 e. The average molecular weight is 295 g/mol. The summed E-state index contributed by atoms with van der Waals surface area (Å²) in [5.41, 5.74) is 1.73. The number of nitrogens with zero attached hydrogens (tertiary/aromatic N) is 3. The van der Waals surface area contributed by atoms with Crippen LogP contribution in [0.1, 0.15) is 5.56 Å². The van der Waals surface area contributed by atoms with Gasteiger partial charge in [0.05, 0.1) is 30.0 Å². The van der Waals surface area contributed by atoms with Gasteiger partial charge in [0.15, 0.2) is 5.16 Å². The highest BCUT2D eigenvalue weighted by Crippen LogP contribution is 2.18. The van der Waals surface area contributed by atoms with Gasteiger partial charge in [-0.25, -0.2) is 4.98 Å². The molecule has 0 aliphatic carbocycles. The summed E-state index contributed by atoms with van der Waals surface area (Å²) >= 11 is 1.66. The molecule has 104 valence electrons. The van der Waals surface area contributed by atoms with E-state index in [0.717, 1.165) is 22.2 Å². The fourth-order valence-electron chi connectivity index (χ4n) is 1.94. The topological polar surface area (TPSA) is 50.3 Å². The first kappa shape index (κ1) is 13.5. The molecule has 0 N–H and O–H groups in total. The first-order chi connectivity index (χ1) is 10.4. The number of pyridine rings is 1. The number of fused-ring (bicyclic) bond motifs is 1. The van der Waals surface area contributed by atoms with Crippen molar-refractivity contribution in [3.63, 3.8) is 0 Å². The number of benzene rings is 1. The molecule has 1 aromatic carbocycles. The van der Waals surface area contributed by atoms with Gasteiger partial charge in [0.2, 0.25) is 0 Å². The fourth-order valence-corrected chi connectivity index (χ4v) is 2.73. The van der Waals surface area contributed by atoms with E-state index in [9.17, 15) is 0 Å². The quantitative estimate of drug-likeness (QED) is 0.535. The summed E-state index contributed by atoms with van der Waals surface area (Å²) in [5, 5.41) is 9.70. The third kappa shape index (κ3) is 3.18. The molecule has 21 heavy (non-hydrogen) atoms. The summed E-state index contributed by atoms with van der Waals surface area (Å²) < 4.78 is 7.71. The molecule has 4 nitrogen and oxygen atoms in total. The predicted molar refractivity (Wildman–Crippen MR) is 82.6 cm³/mol. The summed E-state index contributed by atoms with van der Waals surface area (Å²) in [6.07, 6.45) is 3.87. The highest BCUT2D eigenvalue weighted by molar-refractivity contribution is 7.99. The van der Waals surface area contributed by atoms with Crippen LogP contribution >= 0.6 is 11.8 Å². The average Bonchev–Trinajstić information content (AvgIpc) is 2.95. The van der Waals surface area contributed by atoms with Gasteiger partial charge in [-0.05, 0) is 36.4 Å². The Morgan fingerprint density at radius 1 is 1.19 bits per heavy atom. The van der Waals surface area contributed by atoms with Crippen molar-refractivity contribution in [1.29, 1.82) is 5.26 Å². The SMILES string of the molecule is N#Cc1ccc(OCCSc2ncc3ccccn23)cc1. The molecule has 0 unspecified atom stereocenters. The van der Waals surface area contributed by atoms with Gasteiger partial charge in [0, 0.05) is 11.9 Å². The van der Waals surface area contributed by atoms with Crippen molar-refractivity contribution < 1.29 is 4.74 Å². The highest BCUT2D eigenvalue weighted by Gasteiger charge is 2.03. The minimum absolute atomic E-state index is 0.596. The molecular weight excluding hydrogens is 282 g/mol. The Labute approximate surface area is 127 Å². The summed E-state index contributed by atoms with van der Waals surface area (Å²) in [6.45, 7) is 0.596. The lowest BCUT2D eigenvalue weighted by Crippen LogP contribution is -2.00. The zero-order valence-electron chi connectivity index (χ0n) is 11.3. The van der Waals surface area contributed by atoms with Crippen LogP contribution < -0.4 is 4.74 Å². The van der Waals surface area contributed by atoms with Crippen LogP contribution in [0.25, 0.3) is 5.52 Å². The normalized spacial score (nSPS) is 10.4. The van der Waals surface area contributed by atoms with Crippen molar-refractivity contribution in [2.75, 3.05) is 12.4 Å². The second kappa shape index (κ2) is 6.33. The molecule has 3 rings (SSSR count). The smallest absolute Gasteiger partial charge is 0.172 e. The van der Waals surface area contributed by atoms with Crippen molar-refractivity contribution in [3.05, 3.63) is 60.4 Å². The molecule has 2 heterocycles. The second-order valence-corrected chi connectivity index (χ2v) is 5.43. The summed E-state index contributed by atoms with van der Waals surface area (Å²) in [4.78, 5) is 4.40. The van der Waals surface area contributed by atoms with E-state index >= 15 is 0 Å². The third-order valence-electron chi connectivity index (χ3n) is 2.97. The van der Waals surface area contributed by atoms with Crippen LogP contribution in [0.2, 0.25) is 0 Å². The standard InChI is InChI=1S/C16H13N3OS/c17-11-13-4-6-15(7-5-13)20-9-10-21-16-18-12-14-3-1-2-8-19(14)16/h1-8,12H,9-10H2. The number of ether oxygens (including phenoxy) is 1. The third-order valence-corrected chi connectivity index (χ3v) is 3.90. The van der Waals surface area contributed by atoms with Crippen molar-refractivity contribution >= 4 is 17.3 Å². The number of hydrogen-bond donors (Lipinski definition) is 0. The van der Waals surface area contributed by atoms with E-state index in [1.165, 1.54) is 0 Å². The van der Waals surface area contributed by atoms with Crippen molar-refractivity contribution in [2.24, 2.45) is 0 Å². The van der Waals surface area contributed by atoms with E-state index in [4.69, 9.17) is 10.00 Å². The Balaban J connectivity index is 1.53. The van der Waals surface area contributed by atoms with E-state index in [-0.39, 0.29) is 0 Å². The van der Waals surface area contributed by atoms with Crippen LogP contribution in [0.3, 0.4) is 0 Å². The molecule has 0 fully saturated rings. The van der Waals surface area contributed by atoms with Gasteiger partial charge in [-0.2, -0.15) is 5.26 Å². The van der Waals surface area contributed by atoms with E-state index in [1.54, 1.807) is 23.9 Å². The van der Waals surface area contributed by atoms with Gasteiger partial charge in [0.1, 0.15) is 5.75 Å². The van der Waals surface area contributed by atoms with E-state index in [0.29, 0.717) is 12.2 Å². The van der Waals surface area contributed by atoms with Crippen molar-refractivity contribution in [3.8, 4) is 11.8 Å². The van der Waals surface area contributed by atoms with Crippen LogP contribution in [0, 0.1) is 11.3 Å². The summed E-state index contributed by atoms with van der Waals surface area (Å²) in [6, 6.07) is 15.2. The monoisotopic (exact) mass is 295 g/mol. The molecule has 0 aliphatic heterocycles. The van der Waals surface area contributed by atoms with Crippen LogP contribution in [-0.2, 0) is 0 Å². The zero-order valence-corrected chi connectivity index (χ0v) is 12.1. The first-order valence-corrected chi connectivity index (χ1v) is 7.53. The van der Waals surface area contributed by atoms with Gasteiger partial charge in [0.25, 0.3) is 0 Å². The van der Waals surface area contributed by atoms with Crippen molar-refractivity contribution in [2.45, 2.75) is 5.16 Å². The van der Waals surface area contributed by atoms with E-state index in [2.05, 4.69) is 15.5 Å². The first-order valence-electron chi connectivity index (χ1n) is 6.55. The Morgan fingerprint density at radius 2 is 2.05 bits per heavy atom. The van der Waals surface area contributed by atoms with Gasteiger partial charge < -0.3 is 4.74 Å². The summed E-state index contributed by atoms with van der Waals surface area (Å²) in [7, 11) is 0. The molecule has 0 saturated heterocycles. The Hall–Kier alpha value is -2.45. The second-order valence-electron chi connectivity index (χ2n) is 4.37. The maximum absolute atomic E-state index is 8.73. The number of hydrogen-bond acceptors (Lipinski definition) is 4. The Morgan fingerprint density at radius 3 is 2.86 bits per heavy atom. The van der Waals surface area contributed by atoms with Crippen LogP contribution in [0.4, 0.5) is 0 Å². The molecule has 2 aromatic heterocycles. The molecule has 5 heteroatoms. The molecule has 0 spiro atoms. The Bertz CT molecular complexity index is 774. The van der Waals surface area contributed by atoms with Crippen LogP contribution in [-0.4, -0.2) is 21.7 Å². The highest BCUT2D eigenvalue weighted by atomic mass is 32.2. The lowest BCUT2D eigenvalue weighted by molar-refractivity contribution is 0.344. The molecule has 0 aliphatic rings. The lowest BCUT2D eigenvalue weighted by Gasteiger charge is -2.05. The number of thioether (sulfide) groups is 1. The van der Waals surface area contributed by atoms with Crippen LogP contribution in [0.5, 0.6) is 5.75 Å². The number of rotatable bonds is 5. The number of nitriles is 1. The minimum atomic E-state index is 0.596. The van der Waals surface area contributed by atoms with Gasteiger partial charge in [-0.15, -0.1) is 0 Å². The molecule has 0 amide bonds. The van der Waals surface area contributed by atoms with Crippen LogP contribution in [0.15, 0.2) is 60.0 Å². The molecule has 0 radical (unpaired) electrons. The predicted octanol–water partition coefficient (Wildman–Crippen LogP) is 3.38. The number of imidazole rings is 1. The molecule has 0 saturated carbocycles. The molecular formula is C16H13N3OS. The fraction of sp³-hybridized carbons (Fsp3) is 0.125. The minimum Gasteiger partial charge on any atom is -0.493 e. The van der Waals surface area contributed by atoms with E-state index in [1.807, 2.05) is 42.7 Å². The number of aromatic nitrogens is 2. The summed E-state index contributed by atoms with van der Waals surface area (Å²) in [5.74, 6) is 1.59. The lowest BCUT2D eigenvalue weighted by atomic mass is 10.2. The molecule has 3 aromatic rings. The maximum Gasteiger partial charge on any atom is 0.172 e. The molecule has 0 atom stereocenters. The van der Waals surface area contributed by atoms with Gasteiger partial charge >= 0.3 is 0 Å². The van der Waals surface area contributed by atoms with Gasteiger partial charge in [-0.1, -0.05) is 17.8 Å². The van der Waals surface area contributed by atoms with Crippen molar-refractivity contribution in [1.82, 2.24) is 9.38 Å². The van der Waals surface area contributed by atoms with E-state index < -0.39 is 0 Å². The maximum atomic E-state index is 8.73.